The van der Waals surface area contributed by atoms with Crippen molar-refractivity contribution in [2.24, 2.45) is 0 Å². The average Bonchev–Trinajstić information content (AvgIpc) is 3.10. The standard InChI is InChI=1S/C22H17ClFNO3/c23-15-9-10-20(26)17(11-15)21-16-7-4-8-19(24)18(16)12-25(21)22(27)28-13-14-5-2-1-3-6-14/h1-11,21,26H,12-13H2. The number of hydrogen-bond donors (Lipinski definition) is 1. The molecule has 0 bridgehead atoms. The van der Waals surface area contributed by atoms with Crippen LogP contribution < -0.4 is 0 Å². The summed E-state index contributed by atoms with van der Waals surface area (Å²) in [5.41, 5.74) is 2.28. The van der Waals surface area contributed by atoms with E-state index in [9.17, 15) is 14.3 Å². The van der Waals surface area contributed by atoms with Crippen molar-refractivity contribution in [3.05, 3.63) is 99.8 Å². The number of ether oxygens (including phenoxy) is 1. The molecule has 1 atom stereocenters. The van der Waals surface area contributed by atoms with Gasteiger partial charge in [0.25, 0.3) is 0 Å². The summed E-state index contributed by atoms with van der Waals surface area (Å²) in [6, 6.07) is 17.9. The SMILES string of the molecule is O=C(OCc1ccccc1)N1Cc2c(F)cccc2C1c1cc(Cl)ccc1O. The zero-order chi connectivity index (χ0) is 19.7. The summed E-state index contributed by atoms with van der Waals surface area (Å²) in [5, 5.41) is 10.8. The molecule has 1 N–H and O–H groups in total. The Kier molecular flexibility index (Phi) is 4.92. The number of benzene rings is 3. The Labute approximate surface area is 166 Å². The highest BCUT2D eigenvalue weighted by atomic mass is 35.5. The van der Waals surface area contributed by atoms with Gasteiger partial charge in [0.15, 0.2) is 0 Å². The number of hydrogen-bond acceptors (Lipinski definition) is 3. The van der Waals surface area contributed by atoms with Crippen molar-refractivity contribution in [3.63, 3.8) is 0 Å². The fourth-order valence-electron chi connectivity index (χ4n) is 3.48. The van der Waals surface area contributed by atoms with Crippen molar-refractivity contribution >= 4 is 17.7 Å². The number of aromatic hydroxyl groups is 1. The molecule has 0 radical (unpaired) electrons. The van der Waals surface area contributed by atoms with Gasteiger partial charge in [-0.1, -0.05) is 54.1 Å². The normalized spacial score (nSPS) is 15.4. The van der Waals surface area contributed by atoms with Crippen LogP contribution in [0.25, 0.3) is 0 Å². The Morgan fingerprint density at radius 2 is 1.89 bits per heavy atom. The van der Waals surface area contributed by atoms with Crippen LogP contribution in [0.4, 0.5) is 9.18 Å². The third-order valence-electron chi connectivity index (χ3n) is 4.81. The molecule has 1 heterocycles. The number of carbonyl (C=O) groups is 1. The maximum atomic E-state index is 14.4. The third-order valence-corrected chi connectivity index (χ3v) is 5.05. The van der Waals surface area contributed by atoms with Gasteiger partial charge in [0.1, 0.15) is 18.2 Å². The van der Waals surface area contributed by atoms with Crippen molar-refractivity contribution in [3.8, 4) is 5.75 Å². The zero-order valence-corrected chi connectivity index (χ0v) is 15.6. The van der Waals surface area contributed by atoms with E-state index in [1.165, 1.54) is 17.0 Å². The molecule has 4 rings (SSSR count). The Bertz CT molecular complexity index is 1030. The summed E-state index contributed by atoms with van der Waals surface area (Å²) in [6.45, 7) is 0.148. The van der Waals surface area contributed by atoms with Gasteiger partial charge < -0.3 is 9.84 Å². The minimum Gasteiger partial charge on any atom is -0.508 e. The molecular weight excluding hydrogens is 381 g/mol. The van der Waals surface area contributed by atoms with Crippen LogP contribution in [-0.4, -0.2) is 16.1 Å². The fourth-order valence-corrected chi connectivity index (χ4v) is 3.66. The van der Waals surface area contributed by atoms with Crippen LogP contribution in [0.15, 0.2) is 66.7 Å². The van der Waals surface area contributed by atoms with E-state index in [2.05, 4.69) is 0 Å². The first-order valence-electron chi connectivity index (χ1n) is 8.77. The van der Waals surface area contributed by atoms with Gasteiger partial charge in [-0.05, 0) is 35.4 Å². The summed E-state index contributed by atoms with van der Waals surface area (Å²) >= 11 is 6.10. The van der Waals surface area contributed by atoms with E-state index >= 15 is 0 Å². The summed E-state index contributed by atoms with van der Waals surface area (Å²) in [5.74, 6) is -0.422. The second-order valence-electron chi connectivity index (χ2n) is 6.58. The van der Waals surface area contributed by atoms with Gasteiger partial charge in [-0.25, -0.2) is 9.18 Å². The van der Waals surface area contributed by atoms with Crippen molar-refractivity contribution in [2.75, 3.05) is 0 Å². The van der Waals surface area contributed by atoms with Crippen molar-refractivity contribution in [2.45, 2.75) is 19.2 Å². The highest BCUT2D eigenvalue weighted by Gasteiger charge is 2.38. The summed E-state index contributed by atoms with van der Waals surface area (Å²) in [7, 11) is 0. The maximum absolute atomic E-state index is 14.4. The van der Waals surface area contributed by atoms with Crippen LogP contribution in [0.5, 0.6) is 5.75 Å². The number of nitrogens with zero attached hydrogens (tertiary/aromatic N) is 1. The number of rotatable bonds is 3. The molecule has 0 fully saturated rings. The molecule has 1 unspecified atom stereocenters. The fraction of sp³-hybridized carbons (Fsp3) is 0.136. The molecule has 1 aliphatic heterocycles. The molecule has 1 amide bonds. The molecule has 3 aromatic carbocycles. The number of carbonyl (C=O) groups excluding carboxylic acids is 1. The van der Waals surface area contributed by atoms with Crippen molar-refractivity contribution < 1.29 is 19.0 Å². The van der Waals surface area contributed by atoms with Crippen LogP contribution in [-0.2, 0) is 17.9 Å². The van der Waals surface area contributed by atoms with Crippen LogP contribution in [0.2, 0.25) is 5.02 Å². The minimum absolute atomic E-state index is 0.0210. The molecule has 0 saturated heterocycles. The second-order valence-corrected chi connectivity index (χ2v) is 7.02. The Balaban J connectivity index is 1.68. The van der Waals surface area contributed by atoms with E-state index < -0.39 is 18.0 Å². The first-order chi connectivity index (χ1) is 13.5. The minimum atomic E-state index is -0.687. The largest absolute Gasteiger partial charge is 0.508 e. The lowest BCUT2D eigenvalue weighted by molar-refractivity contribution is 0.0882. The quantitative estimate of drug-likeness (QED) is 0.641. The summed E-state index contributed by atoms with van der Waals surface area (Å²) in [4.78, 5) is 14.2. The Hall–Kier alpha value is -3.05. The number of phenolic OH excluding ortho intramolecular Hbond substituents is 1. The van der Waals surface area contributed by atoms with Gasteiger partial charge in [0.2, 0.25) is 0 Å². The molecule has 0 aliphatic carbocycles. The van der Waals surface area contributed by atoms with Gasteiger partial charge >= 0.3 is 6.09 Å². The number of fused-ring (bicyclic) bond motifs is 1. The molecule has 3 aromatic rings. The molecule has 0 saturated carbocycles. The Morgan fingerprint density at radius 1 is 1.11 bits per heavy atom. The van der Waals surface area contributed by atoms with Crippen LogP contribution >= 0.6 is 11.6 Å². The van der Waals surface area contributed by atoms with Crippen molar-refractivity contribution in [1.82, 2.24) is 4.90 Å². The molecule has 1 aliphatic rings. The smallest absolute Gasteiger partial charge is 0.411 e. The van der Waals surface area contributed by atoms with Crippen LogP contribution in [0.1, 0.15) is 28.3 Å². The van der Waals surface area contributed by atoms with E-state index in [1.807, 2.05) is 30.3 Å². The maximum Gasteiger partial charge on any atom is 0.411 e. The van der Waals surface area contributed by atoms with Crippen LogP contribution in [0, 0.1) is 5.82 Å². The highest BCUT2D eigenvalue weighted by molar-refractivity contribution is 6.30. The van der Waals surface area contributed by atoms with Gasteiger partial charge in [0.05, 0.1) is 12.6 Å². The molecule has 142 valence electrons. The molecule has 0 spiro atoms. The van der Waals surface area contributed by atoms with E-state index in [0.717, 1.165) is 5.56 Å². The Morgan fingerprint density at radius 3 is 2.68 bits per heavy atom. The predicted molar refractivity (Wildman–Crippen MR) is 104 cm³/mol. The molecule has 0 aromatic heterocycles. The lowest BCUT2D eigenvalue weighted by atomic mass is 9.97. The highest BCUT2D eigenvalue weighted by Crippen LogP contribution is 2.43. The zero-order valence-electron chi connectivity index (χ0n) is 14.8. The molecule has 28 heavy (non-hydrogen) atoms. The van der Waals surface area contributed by atoms with E-state index in [0.29, 0.717) is 21.7 Å². The lowest BCUT2D eigenvalue weighted by Crippen LogP contribution is -2.30. The molecule has 4 nitrogen and oxygen atoms in total. The number of halogens is 2. The van der Waals surface area contributed by atoms with Gasteiger partial charge in [-0.3, -0.25) is 4.90 Å². The van der Waals surface area contributed by atoms with Crippen LogP contribution in [0.3, 0.4) is 0 Å². The van der Waals surface area contributed by atoms with E-state index in [-0.39, 0.29) is 18.9 Å². The van der Waals surface area contributed by atoms with Gasteiger partial charge in [0, 0.05) is 16.1 Å². The number of amides is 1. The molecule has 6 heteroatoms. The van der Waals surface area contributed by atoms with Gasteiger partial charge in [-0.15, -0.1) is 0 Å². The first kappa shape index (κ1) is 18.3. The van der Waals surface area contributed by atoms with E-state index in [4.69, 9.17) is 16.3 Å². The summed E-state index contributed by atoms with van der Waals surface area (Å²) in [6.07, 6.45) is -0.594. The predicted octanol–water partition coefficient (Wildman–Crippen LogP) is 5.43. The average molecular weight is 398 g/mol. The molecular formula is C22H17ClFNO3. The lowest BCUT2D eigenvalue weighted by Gasteiger charge is -2.25. The summed E-state index contributed by atoms with van der Waals surface area (Å²) < 4.78 is 19.8. The van der Waals surface area contributed by atoms with Crippen molar-refractivity contribution in [1.29, 1.82) is 0 Å². The third kappa shape index (κ3) is 3.41. The van der Waals surface area contributed by atoms with Gasteiger partial charge in [-0.2, -0.15) is 0 Å². The topological polar surface area (TPSA) is 49.8 Å². The monoisotopic (exact) mass is 397 g/mol. The second kappa shape index (κ2) is 7.52. The first-order valence-corrected chi connectivity index (χ1v) is 9.15. The number of phenols is 1. The van der Waals surface area contributed by atoms with E-state index in [1.54, 1.807) is 24.3 Å².